The standard InChI is InChI=1S/C16H13BrCl2N2O2/c1-3-23-14-5-8(4-9(17)15(14)22-2)16-20-12-6-10(18)11(19)7-13(12)21-16/h4-7H,3H2,1-2H3,(H,20,21). The zero-order chi connectivity index (χ0) is 16.6. The topological polar surface area (TPSA) is 47.1 Å². The fraction of sp³-hybridized carbons (Fsp3) is 0.188. The van der Waals surface area contributed by atoms with E-state index in [1.54, 1.807) is 19.2 Å². The van der Waals surface area contributed by atoms with Crippen molar-refractivity contribution in [1.82, 2.24) is 9.97 Å². The molecule has 3 aromatic rings. The van der Waals surface area contributed by atoms with E-state index in [4.69, 9.17) is 32.7 Å². The van der Waals surface area contributed by atoms with Gasteiger partial charge in [0.05, 0.1) is 39.3 Å². The summed E-state index contributed by atoms with van der Waals surface area (Å²) in [6, 6.07) is 7.30. The smallest absolute Gasteiger partial charge is 0.174 e. The molecule has 0 amide bonds. The summed E-state index contributed by atoms with van der Waals surface area (Å²) in [4.78, 5) is 7.81. The SMILES string of the molecule is CCOc1cc(-c2nc3cc(Cl)c(Cl)cc3[nH]2)cc(Br)c1OC. The highest BCUT2D eigenvalue weighted by Gasteiger charge is 2.15. The molecule has 0 bridgehead atoms. The van der Waals surface area contributed by atoms with Crippen LogP contribution in [-0.4, -0.2) is 23.7 Å². The molecule has 1 heterocycles. The van der Waals surface area contributed by atoms with Gasteiger partial charge in [-0.05, 0) is 47.1 Å². The van der Waals surface area contributed by atoms with E-state index in [0.29, 0.717) is 34.0 Å². The van der Waals surface area contributed by atoms with Crippen LogP contribution >= 0.6 is 39.1 Å². The summed E-state index contributed by atoms with van der Waals surface area (Å²) in [5.74, 6) is 2.00. The number of H-pyrrole nitrogens is 1. The molecule has 0 aliphatic carbocycles. The van der Waals surface area contributed by atoms with Gasteiger partial charge in [-0.15, -0.1) is 0 Å². The molecule has 0 atom stereocenters. The van der Waals surface area contributed by atoms with Crippen LogP contribution in [0.15, 0.2) is 28.7 Å². The highest BCUT2D eigenvalue weighted by atomic mass is 79.9. The third kappa shape index (κ3) is 3.13. The van der Waals surface area contributed by atoms with Gasteiger partial charge in [0.25, 0.3) is 0 Å². The van der Waals surface area contributed by atoms with Crippen LogP contribution in [0.3, 0.4) is 0 Å². The number of hydrogen-bond acceptors (Lipinski definition) is 3. The molecule has 23 heavy (non-hydrogen) atoms. The summed E-state index contributed by atoms with van der Waals surface area (Å²) >= 11 is 15.6. The number of ether oxygens (including phenoxy) is 2. The van der Waals surface area contributed by atoms with Crippen molar-refractivity contribution in [2.45, 2.75) is 6.92 Å². The van der Waals surface area contributed by atoms with Crippen molar-refractivity contribution >= 4 is 50.2 Å². The maximum Gasteiger partial charge on any atom is 0.174 e. The fourth-order valence-electron chi connectivity index (χ4n) is 2.31. The van der Waals surface area contributed by atoms with E-state index < -0.39 is 0 Å². The molecule has 0 saturated carbocycles. The molecule has 0 aliphatic heterocycles. The number of aromatic nitrogens is 2. The van der Waals surface area contributed by atoms with Crippen molar-refractivity contribution in [1.29, 1.82) is 0 Å². The van der Waals surface area contributed by atoms with Crippen molar-refractivity contribution in [3.8, 4) is 22.9 Å². The molecule has 0 spiro atoms. The van der Waals surface area contributed by atoms with E-state index in [0.717, 1.165) is 21.1 Å². The van der Waals surface area contributed by atoms with Crippen LogP contribution in [0.25, 0.3) is 22.4 Å². The molecule has 120 valence electrons. The van der Waals surface area contributed by atoms with Crippen molar-refractivity contribution in [2.75, 3.05) is 13.7 Å². The first-order chi connectivity index (χ1) is 11.0. The largest absolute Gasteiger partial charge is 0.492 e. The van der Waals surface area contributed by atoms with Crippen LogP contribution in [0.2, 0.25) is 10.0 Å². The van der Waals surface area contributed by atoms with E-state index in [9.17, 15) is 0 Å². The van der Waals surface area contributed by atoms with Gasteiger partial charge < -0.3 is 14.5 Å². The molecule has 0 saturated heterocycles. The Balaban J connectivity index is 2.14. The summed E-state index contributed by atoms with van der Waals surface area (Å²) in [5, 5.41) is 0.961. The molecule has 3 rings (SSSR count). The number of imidazole rings is 1. The average Bonchev–Trinajstić information content (AvgIpc) is 2.90. The van der Waals surface area contributed by atoms with Crippen LogP contribution in [0.1, 0.15) is 6.92 Å². The van der Waals surface area contributed by atoms with Crippen molar-refractivity contribution in [3.05, 3.63) is 38.8 Å². The number of hydrogen-bond donors (Lipinski definition) is 1. The minimum absolute atomic E-state index is 0.475. The summed E-state index contributed by atoms with van der Waals surface area (Å²) in [7, 11) is 1.60. The number of nitrogens with zero attached hydrogens (tertiary/aromatic N) is 1. The van der Waals surface area contributed by atoms with Gasteiger partial charge >= 0.3 is 0 Å². The lowest BCUT2D eigenvalue weighted by atomic mass is 10.2. The Morgan fingerprint density at radius 1 is 1.17 bits per heavy atom. The molecule has 0 fully saturated rings. The average molecular weight is 416 g/mol. The number of nitrogens with one attached hydrogen (secondary N) is 1. The molecule has 2 aromatic carbocycles. The van der Waals surface area contributed by atoms with Crippen molar-refractivity contribution in [2.24, 2.45) is 0 Å². The second-order valence-corrected chi connectivity index (χ2v) is 6.46. The number of methoxy groups -OCH3 is 1. The lowest BCUT2D eigenvalue weighted by molar-refractivity contribution is 0.310. The lowest BCUT2D eigenvalue weighted by Crippen LogP contribution is -1.97. The maximum absolute atomic E-state index is 6.05. The lowest BCUT2D eigenvalue weighted by Gasteiger charge is -2.12. The third-order valence-corrected chi connectivity index (χ3v) is 4.62. The minimum atomic E-state index is 0.475. The molecular formula is C16H13BrCl2N2O2. The zero-order valence-corrected chi connectivity index (χ0v) is 15.5. The summed E-state index contributed by atoms with van der Waals surface area (Å²) in [6.07, 6.45) is 0. The van der Waals surface area contributed by atoms with Crippen LogP contribution in [0.5, 0.6) is 11.5 Å². The van der Waals surface area contributed by atoms with Gasteiger partial charge in [-0.25, -0.2) is 4.98 Å². The van der Waals surface area contributed by atoms with Crippen LogP contribution in [0, 0.1) is 0 Å². The first kappa shape index (κ1) is 16.4. The molecule has 0 aliphatic rings. The quantitative estimate of drug-likeness (QED) is 0.593. The number of benzene rings is 2. The molecular weight excluding hydrogens is 403 g/mol. The number of rotatable bonds is 4. The van der Waals surface area contributed by atoms with Crippen molar-refractivity contribution in [3.63, 3.8) is 0 Å². The van der Waals surface area contributed by atoms with E-state index >= 15 is 0 Å². The number of aromatic amines is 1. The monoisotopic (exact) mass is 414 g/mol. The van der Waals surface area contributed by atoms with Gasteiger partial charge in [-0.3, -0.25) is 0 Å². The molecule has 7 heteroatoms. The number of fused-ring (bicyclic) bond motifs is 1. The third-order valence-electron chi connectivity index (χ3n) is 3.31. The van der Waals surface area contributed by atoms with E-state index in [1.807, 2.05) is 19.1 Å². The van der Waals surface area contributed by atoms with Gasteiger partial charge in [0.2, 0.25) is 0 Å². The zero-order valence-electron chi connectivity index (χ0n) is 12.4. The Morgan fingerprint density at radius 3 is 2.61 bits per heavy atom. The Bertz CT molecular complexity index is 841. The van der Waals surface area contributed by atoms with Gasteiger partial charge in [-0.2, -0.15) is 0 Å². The van der Waals surface area contributed by atoms with Crippen LogP contribution < -0.4 is 9.47 Å². The highest BCUT2D eigenvalue weighted by molar-refractivity contribution is 9.10. The van der Waals surface area contributed by atoms with E-state index in [1.165, 1.54) is 0 Å². The predicted octanol–water partition coefficient (Wildman–Crippen LogP) is 5.71. The first-order valence-electron chi connectivity index (χ1n) is 6.89. The van der Waals surface area contributed by atoms with Crippen LogP contribution in [0.4, 0.5) is 0 Å². The Hall–Kier alpha value is -1.43. The summed E-state index contributed by atoms with van der Waals surface area (Å²) in [5.41, 5.74) is 2.43. The molecule has 1 aromatic heterocycles. The fourth-order valence-corrected chi connectivity index (χ4v) is 3.23. The highest BCUT2D eigenvalue weighted by Crippen LogP contribution is 2.39. The molecule has 1 N–H and O–H groups in total. The Labute approximate surface area is 151 Å². The number of halogens is 3. The van der Waals surface area contributed by atoms with Crippen LogP contribution in [-0.2, 0) is 0 Å². The first-order valence-corrected chi connectivity index (χ1v) is 8.43. The van der Waals surface area contributed by atoms with Gasteiger partial charge in [-0.1, -0.05) is 23.2 Å². The van der Waals surface area contributed by atoms with Gasteiger partial charge in [0, 0.05) is 5.56 Å². The Morgan fingerprint density at radius 2 is 1.91 bits per heavy atom. The second-order valence-electron chi connectivity index (χ2n) is 4.79. The minimum Gasteiger partial charge on any atom is -0.492 e. The molecule has 0 radical (unpaired) electrons. The van der Waals surface area contributed by atoms with Gasteiger partial charge in [0.15, 0.2) is 11.5 Å². The van der Waals surface area contributed by atoms with E-state index in [-0.39, 0.29) is 0 Å². The molecule has 0 unspecified atom stereocenters. The predicted molar refractivity (Wildman–Crippen MR) is 97.0 cm³/mol. The van der Waals surface area contributed by atoms with Gasteiger partial charge in [0.1, 0.15) is 5.82 Å². The van der Waals surface area contributed by atoms with Crippen molar-refractivity contribution < 1.29 is 9.47 Å². The molecule has 4 nitrogen and oxygen atoms in total. The summed E-state index contributed by atoms with van der Waals surface area (Å²) in [6.45, 7) is 2.46. The summed E-state index contributed by atoms with van der Waals surface area (Å²) < 4.78 is 11.8. The Kier molecular flexibility index (Phi) is 4.71. The second kappa shape index (κ2) is 6.59. The normalized spacial score (nSPS) is 11.0. The van der Waals surface area contributed by atoms with E-state index in [2.05, 4.69) is 25.9 Å². The maximum atomic E-state index is 6.05.